The average Bonchev–Trinajstić information content (AvgIpc) is 2.84. The number of benzene rings is 1. The standard InChI is InChI=1S/C14H19N3O2/c1-10(2)8-19-6-5-15-14(18)11-3-4-12-13(7-11)17-9-16-12/h3-4,7,9-10H,5-6,8H2,1-2H3,(H,15,18)(H,16,17). The number of hydrogen-bond acceptors (Lipinski definition) is 3. The molecule has 0 aliphatic carbocycles. The van der Waals surface area contributed by atoms with Crippen molar-refractivity contribution in [2.75, 3.05) is 19.8 Å². The first kappa shape index (κ1) is 13.5. The first-order chi connectivity index (χ1) is 9.16. The fraction of sp³-hybridized carbons (Fsp3) is 0.429. The molecule has 0 aliphatic rings. The maximum Gasteiger partial charge on any atom is 0.251 e. The summed E-state index contributed by atoms with van der Waals surface area (Å²) < 4.78 is 5.41. The van der Waals surface area contributed by atoms with E-state index in [1.807, 2.05) is 6.07 Å². The van der Waals surface area contributed by atoms with Crippen molar-refractivity contribution in [2.24, 2.45) is 5.92 Å². The van der Waals surface area contributed by atoms with Gasteiger partial charge in [-0.1, -0.05) is 13.8 Å². The minimum atomic E-state index is -0.0929. The maximum atomic E-state index is 11.9. The smallest absolute Gasteiger partial charge is 0.251 e. The molecule has 0 unspecified atom stereocenters. The molecule has 2 N–H and O–H groups in total. The summed E-state index contributed by atoms with van der Waals surface area (Å²) in [5.74, 6) is 0.420. The molecular weight excluding hydrogens is 242 g/mol. The highest BCUT2D eigenvalue weighted by molar-refractivity contribution is 5.97. The van der Waals surface area contributed by atoms with E-state index in [1.54, 1.807) is 18.5 Å². The molecule has 1 heterocycles. The van der Waals surface area contributed by atoms with E-state index in [0.717, 1.165) is 17.6 Å². The third-order valence-electron chi connectivity index (χ3n) is 2.67. The Labute approximate surface area is 112 Å². The van der Waals surface area contributed by atoms with Crippen LogP contribution in [0, 0.1) is 5.92 Å². The van der Waals surface area contributed by atoms with Crippen LogP contribution in [0.1, 0.15) is 24.2 Å². The number of nitrogens with one attached hydrogen (secondary N) is 2. The molecule has 0 aliphatic heterocycles. The van der Waals surface area contributed by atoms with Crippen LogP contribution in [0.5, 0.6) is 0 Å². The number of rotatable bonds is 6. The van der Waals surface area contributed by atoms with Crippen LogP contribution in [0.2, 0.25) is 0 Å². The SMILES string of the molecule is CC(C)COCCNC(=O)c1ccc2nc[nH]c2c1. The molecule has 19 heavy (non-hydrogen) atoms. The Kier molecular flexibility index (Phi) is 4.52. The zero-order chi connectivity index (χ0) is 13.7. The van der Waals surface area contributed by atoms with Crippen molar-refractivity contribution in [2.45, 2.75) is 13.8 Å². The van der Waals surface area contributed by atoms with E-state index < -0.39 is 0 Å². The van der Waals surface area contributed by atoms with Crippen molar-refractivity contribution in [1.29, 1.82) is 0 Å². The topological polar surface area (TPSA) is 67.0 Å². The van der Waals surface area contributed by atoms with Crippen LogP contribution in [0.25, 0.3) is 11.0 Å². The van der Waals surface area contributed by atoms with Crippen LogP contribution in [0.3, 0.4) is 0 Å². The molecule has 102 valence electrons. The second kappa shape index (κ2) is 6.33. The fourth-order valence-electron chi connectivity index (χ4n) is 1.73. The summed E-state index contributed by atoms with van der Waals surface area (Å²) in [6.45, 7) is 5.97. The molecule has 1 amide bonds. The van der Waals surface area contributed by atoms with Crippen molar-refractivity contribution in [3.8, 4) is 0 Å². The summed E-state index contributed by atoms with van der Waals surface area (Å²) in [7, 11) is 0. The summed E-state index contributed by atoms with van der Waals surface area (Å²) in [6, 6.07) is 5.40. The van der Waals surface area contributed by atoms with Crippen molar-refractivity contribution in [3.63, 3.8) is 0 Å². The zero-order valence-corrected chi connectivity index (χ0v) is 11.3. The molecule has 1 aromatic heterocycles. The largest absolute Gasteiger partial charge is 0.379 e. The van der Waals surface area contributed by atoms with Crippen molar-refractivity contribution >= 4 is 16.9 Å². The molecule has 5 nitrogen and oxygen atoms in total. The van der Waals surface area contributed by atoms with E-state index in [0.29, 0.717) is 24.6 Å². The third kappa shape index (κ3) is 3.79. The van der Waals surface area contributed by atoms with Crippen LogP contribution in [-0.2, 0) is 4.74 Å². The zero-order valence-electron chi connectivity index (χ0n) is 11.3. The van der Waals surface area contributed by atoms with Gasteiger partial charge in [0, 0.05) is 18.7 Å². The van der Waals surface area contributed by atoms with Crippen LogP contribution in [-0.4, -0.2) is 35.6 Å². The number of imidazole rings is 1. The Morgan fingerprint density at radius 1 is 1.47 bits per heavy atom. The number of carbonyl (C=O) groups excluding carboxylic acids is 1. The lowest BCUT2D eigenvalue weighted by Gasteiger charge is -2.08. The molecule has 2 rings (SSSR count). The van der Waals surface area contributed by atoms with Gasteiger partial charge >= 0.3 is 0 Å². The summed E-state index contributed by atoms with van der Waals surface area (Å²) in [6.07, 6.45) is 1.62. The van der Waals surface area contributed by atoms with E-state index in [9.17, 15) is 4.79 Å². The molecule has 0 spiro atoms. The molecule has 0 radical (unpaired) electrons. The van der Waals surface area contributed by atoms with Gasteiger partial charge < -0.3 is 15.0 Å². The Hall–Kier alpha value is -1.88. The quantitative estimate of drug-likeness (QED) is 0.781. The molecule has 0 atom stereocenters. The Balaban J connectivity index is 1.82. The lowest BCUT2D eigenvalue weighted by atomic mass is 10.2. The van der Waals surface area contributed by atoms with E-state index >= 15 is 0 Å². The fourth-order valence-corrected chi connectivity index (χ4v) is 1.73. The molecule has 0 fully saturated rings. The van der Waals surface area contributed by atoms with Gasteiger partial charge in [-0.2, -0.15) is 0 Å². The second-order valence-electron chi connectivity index (χ2n) is 4.86. The number of nitrogens with zero attached hydrogens (tertiary/aromatic N) is 1. The lowest BCUT2D eigenvalue weighted by molar-refractivity contribution is 0.0886. The van der Waals surface area contributed by atoms with Gasteiger partial charge in [0.2, 0.25) is 0 Å². The first-order valence-electron chi connectivity index (χ1n) is 6.46. The Morgan fingerprint density at radius 3 is 3.11 bits per heavy atom. The first-order valence-corrected chi connectivity index (χ1v) is 6.46. The monoisotopic (exact) mass is 261 g/mol. The van der Waals surface area contributed by atoms with E-state index in [1.165, 1.54) is 0 Å². The minimum absolute atomic E-state index is 0.0929. The van der Waals surface area contributed by atoms with Gasteiger partial charge in [-0.05, 0) is 24.1 Å². The van der Waals surface area contributed by atoms with Gasteiger partial charge in [0.1, 0.15) is 0 Å². The van der Waals surface area contributed by atoms with Gasteiger partial charge in [-0.25, -0.2) is 4.98 Å². The van der Waals surface area contributed by atoms with Crippen LogP contribution < -0.4 is 5.32 Å². The van der Waals surface area contributed by atoms with Crippen molar-refractivity contribution in [1.82, 2.24) is 15.3 Å². The molecule has 2 aromatic rings. The third-order valence-corrected chi connectivity index (χ3v) is 2.67. The number of fused-ring (bicyclic) bond motifs is 1. The molecular formula is C14H19N3O2. The number of ether oxygens (including phenoxy) is 1. The number of H-pyrrole nitrogens is 1. The maximum absolute atomic E-state index is 11.9. The summed E-state index contributed by atoms with van der Waals surface area (Å²) in [5, 5.41) is 2.83. The summed E-state index contributed by atoms with van der Waals surface area (Å²) in [5.41, 5.74) is 2.35. The number of carbonyl (C=O) groups is 1. The van der Waals surface area contributed by atoms with Crippen LogP contribution in [0.4, 0.5) is 0 Å². The lowest BCUT2D eigenvalue weighted by Crippen LogP contribution is -2.27. The van der Waals surface area contributed by atoms with Gasteiger partial charge in [0.25, 0.3) is 5.91 Å². The summed E-state index contributed by atoms with van der Waals surface area (Å²) >= 11 is 0. The Morgan fingerprint density at radius 2 is 2.32 bits per heavy atom. The van der Waals surface area contributed by atoms with Gasteiger partial charge in [-0.15, -0.1) is 0 Å². The highest BCUT2D eigenvalue weighted by Crippen LogP contribution is 2.11. The highest BCUT2D eigenvalue weighted by atomic mass is 16.5. The molecule has 1 aromatic carbocycles. The summed E-state index contributed by atoms with van der Waals surface area (Å²) in [4.78, 5) is 19.0. The van der Waals surface area contributed by atoms with Crippen LogP contribution >= 0.6 is 0 Å². The van der Waals surface area contributed by atoms with Crippen LogP contribution in [0.15, 0.2) is 24.5 Å². The Bertz CT molecular complexity index is 548. The van der Waals surface area contributed by atoms with Gasteiger partial charge in [-0.3, -0.25) is 4.79 Å². The number of aromatic nitrogens is 2. The molecule has 0 bridgehead atoms. The molecule has 0 saturated carbocycles. The van der Waals surface area contributed by atoms with E-state index in [4.69, 9.17) is 4.74 Å². The predicted molar refractivity (Wildman–Crippen MR) is 74.1 cm³/mol. The predicted octanol–water partition coefficient (Wildman–Crippen LogP) is 1.97. The number of aromatic amines is 1. The van der Waals surface area contributed by atoms with Crippen molar-refractivity contribution in [3.05, 3.63) is 30.1 Å². The van der Waals surface area contributed by atoms with E-state index in [-0.39, 0.29) is 5.91 Å². The van der Waals surface area contributed by atoms with Gasteiger partial charge in [0.15, 0.2) is 0 Å². The minimum Gasteiger partial charge on any atom is -0.379 e. The second-order valence-corrected chi connectivity index (χ2v) is 4.86. The molecule has 0 saturated heterocycles. The normalized spacial score (nSPS) is 11.1. The number of amides is 1. The van der Waals surface area contributed by atoms with E-state index in [2.05, 4.69) is 29.1 Å². The average molecular weight is 261 g/mol. The van der Waals surface area contributed by atoms with Gasteiger partial charge in [0.05, 0.1) is 24.0 Å². The molecule has 5 heteroatoms. The number of hydrogen-bond donors (Lipinski definition) is 2. The van der Waals surface area contributed by atoms with Crippen molar-refractivity contribution < 1.29 is 9.53 Å². The highest BCUT2D eigenvalue weighted by Gasteiger charge is 2.06.